The van der Waals surface area contributed by atoms with Crippen molar-refractivity contribution in [3.05, 3.63) is 276 Å². The lowest BCUT2D eigenvalue weighted by atomic mass is 9.64. The Morgan fingerprint density at radius 2 is 0.871 bits per heavy atom. The molecule has 12 rings (SSSR count). The molecule has 1 N–H and O–H groups in total. The van der Waals surface area contributed by atoms with E-state index in [1.54, 1.807) is 0 Å². The standard InChI is InChI=1S/C59H41N3/c1-4-16-43(17-5-1)54-39-55(61-58(60-54)45-18-6-2-7-19-45)44-34-32-41(33-35-44)40-28-30-42(31-29-40)46-36-37-49-48-22-10-11-23-50(48)59(53(49)38-46)51-24-12-14-26-56(51)62(47-20-8-3-9-21-47)57-27-15-13-25-52(57)59/h1-39,54H,(H,60,61). The number of amidine groups is 1. The van der Waals surface area contributed by atoms with Gasteiger partial charge < -0.3 is 10.2 Å². The normalized spacial score (nSPS) is 15.4. The first-order valence-electron chi connectivity index (χ1n) is 21.4. The molecule has 62 heavy (non-hydrogen) atoms. The summed E-state index contributed by atoms with van der Waals surface area (Å²) in [7, 11) is 0. The molecule has 0 radical (unpaired) electrons. The average molecular weight is 792 g/mol. The number of hydrogen-bond donors (Lipinski definition) is 1. The molecule has 3 nitrogen and oxygen atoms in total. The molecule has 1 spiro atoms. The largest absolute Gasteiger partial charge is 0.340 e. The molecule has 9 aromatic rings. The Morgan fingerprint density at radius 3 is 1.52 bits per heavy atom. The van der Waals surface area contributed by atoms with Crippen LogP contribution < -0.4 is 10.2 Å². The molecular weight excluding hydrogens is 751 g/mol. The van der Waals surface area contributed by atoms with Crippen LogP contribution in [0, 0.1) is 0 Å². The fourth-order valence-electron chi connectivity index (χ4n) is 10.1. The average Bonchev–Trinajstić information content (AvgIpc) is 3.65. The Kier molecular flexibility index (Phi) is 8.46. The summed E-state index contributed by atoms with van der Waals surface area (Å²) in [5.74, 6) is 0.879. The molecule has 1 aliphatic carbocycles. The molecule has 0 aromatic heterocycles. The summed E-state index contributed by atoms with van der Waals surface area (Å²) < 4.78 is 0. The van der Waals surface area contributed by atoms with E-state index in [2.05, 4.69) is 241 Å². The fourth-order valence-corrected chi connectivity index (χ4v) is 10.1. The van der Waals surface area contributed by atoms with Gasteiger partial charge in [-0.3, -0.25) is 4.99 Å². The van der Waals surface area contributed by atoms with Crippen molar-refractivity contribution in [1.29, 1.82) is 0 Å². The highest BCUT2D eigenvalue weighted by Gasteiger charge is 2.51. The molecule has 0 bridgehead atoms. The summed E-state index contributed by atoms with van der Waals surface area (Å²) in [5, 5.41) is 3.65. The Morgan fingerprint density at radius 1 is 0.387 bits per heavy atom. The van der Waals surface area contributed by atoms with Crippen molar-refractivity contribution in [2.75, 3.05) is 4.90 Å². The smallest absolute Gasteiger partial charge is 0.133 e. The van der Waals surface area contributed by atoms with E-state index < -0.39 is 5.41 Å². The second kappa shape index (κ2) is 14.6. The minimum atomic E-state index is -0.487. The van der Waals surface area contributed by atoms with Gasteiger partial charge in [-0.15, -0.1) is 0 Å². The minimum absolute atomic E-state index is 0.0790. The van der Waals surface area contributed by atoms with E-state index >= 15 is 0 Å². The van der Waals surface area contributed by atoms with E-state index in [9.17, 15) is 0 Å². The van der Waals surface area contributed by atoms with Crippen LogP contribution in [0.5, 0.6) is 0 Å². The highest BCUT2D eigenvalue weighted by Crippen LogP contribution is 2.63. The van der Waals surface area contributed by atoms with Crippen LogP contribution >= 0.6 is 0 Å². The number of nitrogens with one attached hydrogen (secondary N) is 1. The van der Waals surface area contributed by atoms with Crippen LogP contribution in [0.3, 0.4) is 0 Å². The molecule has 1 atom stereocenters. The van der Waals surface area contributed by atoms with Gasteiger partial charge in [0.2, 0.25) is 0 Å². The van der Waals surface area contributed by atoms with E-state index in [1.807, 2.05) is 6.07 Å². The van der Waals surface area contributed by atoms with Crippen LogP contribution in [0.4, 0.5) is 17.1 Å². The Balaban J connectivity index is 0.902. The van der Waals surface area contributed by atoms with E-state index in [0.29, 0.717) is 0 Å². The second-order valence-corrected chi connectivity index (χ2v) is 16.3. The highest BCUT2D eigenvalue weighted by molar-refractivity contribution is 6.05. The van der Waals surface area contributed by atoms with Crippen molar-refractivity contribution in [1.82, 2.24) is 5.32 Å². The zero-order valence-corrected chi connectivity index (χ0v) is 34.0. The third-order valence-electron chi connectivity index (χ3n) is 12.9. The SMILES string of the molecule is C1=C(c2ccc(-c3ccc(-c4ccc5c(c4)C4(c6ccccc6-5)c5ccccc5N(c5ccccc5)c5ccccc54)cc3)cc2)NC(c2ccccc2)=NC1c1ccccc1. The molecule has 1 unspecified atom stereocenters. The van der Waals surface area contributed by atoms with Gasteiger partial charge >= 0.3 is 0 Å². The van der Waals surface area contributed by atoms with Gasteiger partial charge in [-0.2, -0.15) is 0 Å². The van der Waals surface area contributed by atoms with Crippen molar-refractivity contribution in [2.24, 2.45) is 4.99 Å². The predicted molar refractivity (Wildman–Crippen MR) is 256 cm³/mol. The van der Waals surface area contributed by atoms with Crippen LogP contribution in [-0.2, 0) is 5.41 Å². The van der Waals surface area contributed by atoms with E-state index in [1.165, 1.54) is 72.6 Å². The first-order chi connectivity index (χ1) is 30.7. The molecule has 0 fully saturated rings. The Labute approximate surface area is 362 Å². The molecular formula is C59H41N3. The number of hydrogen-bond acceptors (Lipinski definition) is 3. The minimum Gasteiger partial charge on any atom is -0.340 e. The summed E-state index contributed by atoms with van der Waals surface area (Å²) in [6, 6.07) is 83.7. The molecule has 3 aliphatic rings. The number of rotatable bonds is 6. The molecule has 9 aromatic carbocycles. The van der Waals surface area contributed by atoms with Gasteiger partial charge in [0.05, 0.1) is 22.8 Å². The maximum atomic E-state index is 5.11. The van der Waals surface area contributed by atoms with Crippen molar-refractivity contribution < 1.29 is 0 Å². The van der Waals surface area contributed by atoms with Crippen LogP contribution in [0.25, 0.3) is 39.1 Å². The molecule has 0 amide bonds. The summed E-state index contributed by atoms with van der Waals surface area (Å²) in [6.07, 6.45) is 2.23. The third-order valence-corrected chi connectivity index (χ3v) is 12.9. The van der Waals surface area contributed by atoms with Crippen molar-refractivity contribution in [3.8, 4) is 33.4 Å². The van der Waals surface area contributed by atoms with Gasteiger partial charge in [0.1, 0.15) is 5.84 Å². The second-order valence-electron chi connectivity index (χ2n) is 16.3. The van der Waals surface area contributed by atoms with Crippen LogP contribution in [-0.4, -0.2) is 5.84 Å². The highest BCUT2D eigenvalue weighted by atomic mass is 15.2. The maximum Gasteiger partial charge on any atom is 0.133 e. The fraction of sp³-hybridized carbons (Fsp3) is 0.0339. The summed E-state index contributed by atoms with van der Waals surface area (Å²) in [4.78, 5) is 7.55. The van der Waals surface area contributed by atoms with Gasteiger partial charge in [-0.25, -0.2) is 0 Å². The number of aliphatic imine (C=N–C) groups is 1. The molecule has 3 heteroatoms. The molecule has 0 saturated carbocycles. The van der Waals surface area contributed by atoms with Crippen LogP contribution in [0.1, 0.15) is 45.0 Å². The van der Waals surface area contributed by atoms with E-state index in [0.717, 1.165) is 28.3 Å². The molecule has 0 saturated heterocycles. The molecule has 292 valence electrons. The van der Waals surface area contributed by atoms with Gasteiger partial charge in [-0.05, 0) is 103 Å². The number of nitrogens with zero attached hydrogens (tertiary/aromatic N) is 2. The van der Waals surface area contributed by atoms with Gasteiger partial charge in [0, 0.05) is 16.9 Å². The zero-order valence-electron chi connectivity index (χ0n) is 34.0. The molecule has 2 heterocycles. The van der Waals surface area contributed by atoms with Gasteiger partial charge in [0.25, 0.3) is 0 Å². The van der Waals surface area contributed by atoms with Crippen LogP contribution in [0.2, 0.25) is 0 Å². The third kappa shape index (κ3) is 5.70. The van der Waals surface area contributed by atoms with Gasteiger partial charge in [-0.1, -0.05) is 200 Å². The summed E-state index contributed by atoms with van der Waals surface area (Å²) in [5.41, 5.74) is 20.1. The van der Waals surface area contributed by atoms with Crippen molar-refractivity contribution >= 4 is 28.6 Å². The number of fused-ring (bicyclic) bond motifs is 9. The van der Waals surface area contributed by atoms with Crippen molar-refractivity contribution in [3.63, 3.8) is 0 Å². The predicted octanol–water partition coefficient (Wildman–Crippen LogP) is 14.3. The maximum absolute atomic E-state index is 5.11. The molecule has 2 aliphatic heterocycles. The summed E-state index contributed by atoms with van der Waals surface area (Å²) in [6.45, 7) is 0. The zero-order chi connectivity index (χ0) is 41.0. The first-order valence-corrected chi connectivity index (χ1v) is 21.4. The number of para-hydroxylation sites is 3. The lowest BCUT2D eigenvalue weighted by Gasteiger charge is -2.45. The number of anilines is 3. The Bertz CT molecular complexity index is 3140. The topological polar surface area (TPSA) is 27.6 Å². The summed E-state index contributed by atoms with van der Waals surface area (Å²) >= 11 is 0. The number of benzene rings is 9. The van der Waals surface area contributed by atoms with E-state index in [4.69, 9.17) is 4.99 Å². The van der Waals surface area contributed by atoms with E-state index in [-0.39, 0.29) is 6.04 Å². The van der Waals surface area contributed by atoms with Crippen molar-refractivity contribution in [2.45, 2.75) is 11.5 Å². The lowest BCUT2D eigenvalue weighted by Crippen LogP contribution is -2.36. The quantitative estimate of drug-likeness (QED) is 0.182. The first kappa shape index (κ1) is 35.9. The lowest BCUT2D eigenvalue weighted by molar-refractivity contribution is 0.753. The monoisotopic (exact) mass is 791 g/mol. The van der Waals surface area contributed by atoms with Crippen LogP contribution in [0.15, 0.2) is 242 Å². The van der Waals surface area contributed by atoms with Gasteiger partial charge in [0.15, 0.2) is 0 Å². The Hall–Kier alpha value is -8.01.